The maximum atomic E-state index is 6.00. The van der Waals surface area contributed by atoms with Gasteiger partial charge in [-0.25, -0.2) is 4.57 Å². The molecule has 0 atom stereocenters. The van der Waals surface area contributed by atoms with Gasteiger partial charge >= 0.3 is 0 Å². The lowest BCUT2D eigenvalue weighted by Crippen LogP contribution is -2.28. The molecule has 0 saturated carbocycles. The van der Waals surface area contributed by atoms with Gasteiger partial charge in [0, 0.05) is 22.9 Å². The summed E-state index contributed by atoms with van der Waals surface area (Å²) in [5.41, 5.74) is 3.76. The highest BCUT2D eigenvalue weighted by Crippen LogP contribution is 2.42. The second-order valence-electron chi connectivity index (χ2n) is 9.40. The number of fused-ring (bicyclic) bond motifs is 2. The van der Waals surface area contributed by atoms with Crippen molar-refractivity contribution in [3.63, 3.8) is 0 Å². The summed E-state index contributed by atoms with van der Waals surface area (Å²) in [4.78, 5) is 0. The molecule has 0 aliphatic heterocycles. The molecule has 0 radical (unpaired) electrons. The van der Waals surface area contributed by atoms with E-state index in [0.717, 1.165) is 18.8 Å². The number of nitrogens with zero attached hydrogens (tertiary/aromatic N) is 1. The first kappa shape index (κ1) is 20.9. The van der Waals surface area contributed by atoms with Crippen molar-refractivity contribution in [1.82, 2.24) is 0 Å². The maximum absolute atomic E-state index is 6.00. The predicted molar refractivity (Wildman–Crippen MR) is 144 cm³/mol. The van der Waals surface area contributed by atoms with Crippen LogP contribution in [0.5, 0.6) is 5.75 Å². The summed E-state index contributed by atoms with van der Waals surface area (Å²) in [5, 5.41) is 9.23. The van der Waals surface area contributed by atoms with Crippen LogP contribution in [0.15, 0.2) is 85.1 Å². The van der Waals surface area contributed by atoms with Crippen molar-refractivity contribution in [3.8, 4) is 16.9 Å². The van der Waals surface area contributed by atoms with E-state index in [1.54, 1.807) is 0 Å². The first-order chi connectivity index (χ1) is 16.7. The molecular formula is C32H30NO+. The summed E-state index contributed by atoms with van der Waals surface area (Å²) >= 11 is 0. The third kappa shape index (κ3) is 3.45. The molecule has 1 heterocycles. The van der Waals surface area contributed by atoms with Crippen LogP contribution in [0.1, 0.15) is 32.6 Å². The number of rotatable bonds is 7. The second kappa shape index (κ2) is 8.61. The van der Waals surface area contributed by atoms with Crippen LogP contribution in [0, 0.1) is 0 Å². The zero-order chi connectivity index (χ0) is 23.1. The summed E-state index contributed by atoms with van der Waals surface area (Å²) < 4.78 is 8.23. The highest BCUT2D eigenvalue weighted by molar-refractivity contribution is 6.30. The van der Waals surface area contributed by atoms with Crippen LogP contribution in [-0.2, 0) is 7.05 Å². The van der Waals surface area contributed by atoms with Crippen molar-refractivity contribution in [2.75, 3.05) is 6.61 Å². The fourth-order valence-corrected chi connectivity index (χ4v) is 5.40. The van der Waals surface area contributed by atoms with E-state index in [9.17, 15) is 0 Å². The molecule has 6 rings (SSSR count). The topological polar surface area (TPSA) is 13.1 Å². The molecular weight excluding hydrogens is 414 g/mol. The fourth-order valence-electron chi connectivity index (χ4n) is 5.40. The summed E-state index contributed by atoms with van der Waals surface area (Å²) in [6.45, 7) is 3.03. The van der Waals surface area contributed by atoms with Crippen LogP contribution >= 0.6 is 0 Å². The van der Waals surface area contributed by atoms with Crippen molar-refractivity contribution < 1.29 is 9.30 Å². The molecule has 0 fully saturated rings. The first-order valence-electron chi connectivity index (χ1n) is 12.5. The van der Waals surface area contributed by atoms with E-state index in [2.05, 4.69) is 104 Å². The van der Waals surface area contributed by atoms with Gasteiger partial charge in [0.25, 0.3) is 0 Å². The van der Waals surface area contributed by atoms with Gasteiger partial charge in [0.15, 0.2) is 6.20 Å². The van der Waals surface area contributed by atoms with E-state index in [-0.39, 0.29) is 0 Å². The summed E-state index contributed by atoms with van der Waals surface area (Å²) in [7, 11) is 2.14. The third-order valence-corrected chi connectivity index (χ3v) is 7.17. The average Bonchev–Trinajstić information content (AvgIpc) is 2.88. The van der Waals surface area contributed by atoms with Gasteiger partial charge in [0.1, 0.15) is 12.8 Å². The van der Waals surface area contributed by atoms with E-state index >= 15 is 0 Å². The standard InChI is InChI=1S/C32H30NO/c1-3-4-5-8-19-34-25-13-11-22(12-14-25)29-21-24-20-23-9-6-7-10-26(23)27-15-16-30-32(31(24)27)28(29)17-18-33(30)2/h6-7,9-18,20-21H,3-5,8,19H2,1-2H3/q+1. The van der Waals surface area contributed by atoms with Crippen molar-refractivity contribution in [2.24, 2.45) is 7.05 Å². The zero-order valence-electron chi connectivity index (χ0n) is 20.0. The maximum Gasteiger partial charge on any atom is 0.213 e. The lowest BCUT2D eigenvalue weighted by Gasteiger charge is -2.15. The van der Waals surface area contributed by atoms with Gasteiger partial charge in [-0.1, -0.05) is 62.6 Å². The lowest BCUT2D eigenvalue weighted by molar-refractivity contribution is -0.644. The van der Waals surface area contributed by atoms with Crippen LogP contribution in [0.4, 0.5) is 0 Å². The molecule has 5 aromatic carbocycles. The van der Waals surface area contributed by atoms with E-state index in [1.807, 2.05) is 0 Å². The molecule has 0 aliphatic rings. The van der Waals surface area contributed by atoms with Gasteiger partial charge in [0.05, 0.1) is 12.0 Å². The number of hydrogen-bond acceptors (Lipinski definition) is 1. The van der Waals surface area contributed by atoms with Crippen molar-refractivity contribution in [3.05, 3.63) is 85.1 Å². The largest absolute Gasteiger partial charge is 0.494 e. The quantitative estimate of drug-likeness (QED) is 0.105. The number of benzene rings is 5. The smallest absolute Gasteiger partial charge is 0.213 e. The highest BCUT2D eigenvalue weighted by Gasteiger charge is 2.19. The van der Waals surface area contributed by atoms with Crippen molar-refractivity contribution in [1.29, 1.82) is 0 Å². The molecule has 0 saturated heterocycles. The van der Waals surface area contributed by atoms with Crippen LogP contribution in [0.25, 0.3) is 54.3 Å². The van der Waals surface area contributed by atoms with E-state index in [1.165, 1.54) is 73.6 Å². The number of aromatic nitrogens is 1. The number of hydrogen-bond donors (Lipinski definition) is 0. The van der Waals surface area contributed by atoms with Crippen molar-refractivity contribution >= 4 is 43.2 Å². The van der Waals surface area contributed by atoms with Gasteiger partial charge in [-0.05, 0) is 69.4 Å². The van der Waals surface area contributed by atoms with E-state index in [0.29, 0.717) is 0 Å². The van der Waals surface area contributed by atoms with Crippen LogP contribution in [-0.4, -0.2) is 6.61 Å². The lowest BCUT2D eigenvalue weighted by atomic mass is 9.88. The summed E-state index contributed by atoms with van der Waals surface area (Å²) in [5.74, 6) is 0.953. The Morgan fingerprint density at radius 2 is 1.56 bits per heavy atom. The summed E-state index contributed by atoms with van der Waals surface area (Å²) in [6, 6.07) is 28.9. The van der Waals surface area contributed by atoms with Gasteiger partial charge in [0.2, 0.25) is 5.52 Å². The average molecular weight is 445 g/mol. The first-order valence-corrected chi connectivity index (χ1v) is 12.5. The Bertz CT molecular complexity index is 1610. The van der Waals surface area contributed by atoms with Crippen molar-refractivity contribution in [2.45, 2.75) is 32.6 Å². The Labute approximate surface area is 200 Å². The monoisotopic (exact) mass is 444 g/mol. The van der Waals surface area contributed by atoms with Crippen LogP contribution in [0.2, 0.25) is 0 Å². The molecule has 0 aliphatic carbocycles. The Balaban J connectivity index is 1.50. The Hall–Kier alpha value is -3.65. The molecule has 2 heteroatoms. The molecule has 0 spiro atoms. The third-order valence-electron chi connectivity index (χ3n) is 7.17. The molecule has 0 amide bonds. The molecule has 34 heavy (non-hydrogen) atoms. The number of ether oxygens (including phenoxy) is 1. The van der Waals surface area contributed by atoms with E-state index < -0.39 is 0 Å². The zero-order valence-corrected chi connectivity index (χ0v) is 20.0. The van der Waals surface area contributed by atoms with E-state index in [4.69, 9.17) is 4.74 Å². The number of pyridine rings is 1. The minimum Gasteiger partial charge on any atom is -0.494 e. The minimum atomic E-state index is 0.792. The normalized spacial score (nSPS) is 11.8. The highest BCUT2D eigenvalue weighted by atomic mass is 16.5. The Morgan fingerprint density at radius 3 is 2.41 bits per heavy atom. The Kier molecular flexibility index (Phi) is 5.30. The van der Waals surface area contributed by atoms with Gasteiger partial charge < -0.3 is 4.74 Å². The predicted octanol–water partition coefficient (Wildman–Crippen LogP) is 8.19. The molecule has 0 unspecified atom stereocenters. The molecule has 0 N–H and O–H groups in total. The molecule has 0 bridgehead atoms. The molecule has 168 valence electrons. The van der Waals surface area contributed by atoms with Crippen LogP contribution < -0.4 is 9.30 Å². The Morgan fingerprint density at radius 1 is 0.706 bits per heavy atom. The molecule has 6 aromatic rings. The molecule has 2 nitrogen and oxygen atoms in total. The number of unbranched alkanes of at least 4 members (excludes halogenated alkanes) is 3. The van der Waals surface area contributed by atoms with Crippen LogP contribution in [0.3, 0.4) is 0 Å². The second-order valence-corrected chi connectivity index (χ2v) is 9.40. The summed E-state index contributed by atoms with van der Waals surface area (Å²) in [6.07, 6.45) is 7.07. The minimum absolute atomic E-state index is 0.792. The fraction of sp³-hybridized carbons (Fsp3) is 0.219. The van der Waals surface area contributed by atoms with Gasteiger partial charge in [-0.15, -0.1) is 0 Å². The number of aryl methyl sites for hydroxylation is 1. The SMILES string of the molecule is CCCCCCOc1ccc(-c2cc3cc4ccccc4c4ccc5c(c2cc[n+]5C)c34)cc1. The van der Waals surface area contributed by atoms with Gasteiger partial charge in [-0.2, -0.15) is 0 Å². The van der Waals surface area contributed by atoms with Gasteiger partial charge in [-0.3, -0.25) is 0 Å². The molecule has 1 aromatic heterocycles.